The molecule has 0 unspecified atom stereocenters. The van der Waals surface area contributed by atoms with E-state index in [1.54, 1.807) is 0 Å². The zero-order valence-electron chi connectivity index (χ0n) is 23.0. The van der Waals surface area contributed by atoms with Crippen LogP contribution in [0.3, 0.4) is 0 Å². The molecule has 1 nitrogen and oxygen atoms in total. The Hall–Kier alpha value is -4.40. The summed E-state index contributed by atoms with van der Waals surface area (Å²) in [4.78, 5) is 0. The summed E-state index contributed by atoms with van der Waals surface area (Å²) in [6, 6.07) is 49.0. The van der Waals surface area contributed by atoms with Gasteiger partial charge in [-0.1, -0.05) is 115 Å². The second-order valence-corrected chi connectivity index (χ2v) is 12.5. The summed E-state index contributed by atoms with van der Waals surface area (Å²) in [6.07, 6.45) is 0. The first-order valence-corrected chi connectivity index (χ1v) is 14.9. The zero-order valence-corrected chi connectivity index (χ0v) is 24.6. The standard InChI is InChI=1S/C39H28BrN/c1-39(2)35-12-5-3-10-31(35)32-20-19-30(24-36(32)39)41-37-13-6-4-11-33(37)34-23-28(16-21-38(34)41)27-9-7-8-26(22-27)25-14-17-29(40)18-15-25/h3-24H,1-2H3. The maximum Gasteiger partial charge on any atom is 0.0541 e. The van der Waals surface area contributed by atoms with Crippen molar-refractivity contribution in [3.63, 3.8) is 0 Å². The highest BCUT2D eigenvalue weighted by Crippen LogP contribution is 2.49. The highest BCUT2D eigenvalue weighted by Gasteiger charge is 2.35. The van der Waals surface area contributed by atoms with Gasteiger partial charge in [0.25, 0.3) is 0 Å². The molecule has 7 aromatic rings. The molecule has 0 spiro atoms. The largest absolute Gasteiger partial charge is 0.309 e. The summed E-state index contributed by atoms with van der Waals surface area (Å²) in [5.41, 5.74) is 14.0. The number of halogens is 1. The van der Waals surface area contributed by atoms with E-state index in [4.69, 9.17) is 0 Å². The van der Waals surface area contributed by atoms with E-state index in [0.717, 1.165) is 4.47 Å². The summed E-state index contributed by atoms with van der Waals surface area (Å²) >= 11 is 3.56. The normalized spacial score (nSPS) is 13.4. The molecule has 1 heterocycles. The lowest BCUT2D eigenvalue weighted by Gasteiger charge is -2.22. The van der Waals surface area contributed by atoms with Crippen molar-refractivity contribution in [1.82, 2.24) is 4.57 Å². The second-order valence-electron chi connectivity index (χ2n) is 11.6. The van der Waals surface area contributed by atoms with Gasteiger partial charge in [0.1, 0.15) is 0 Å². The van der Waals surface area contributed by atoms with Crippen LogP contribution in [-0.2, 0) is 5.41 Å². The minimum absolute atomic E-state index is 0.0340. The van der Waals surface area contributed by atoms with Crippen molar-refractivity contribution >= 4 is 37.7 Å². The number of hydrogen-bond donors (Lipinski definition) is 0. The molecule has 41 heavy (non-hydrogen) atoms. The van der Waals surface area contributed by atoms with Gasteiger partial charge in [0.2, 0.25) is 0 Å². The Morgan fingerprint density at radius 2 is 1.15 bits per heavy atom. The molecule has 0 amide bonds. The SMILES string of the molecule is CC1(C)c2ccccc2-c2ccc(-n3c4ccccc4c4cc(-c5cccc(-c6ccc(Br)cc6)c5)ccc43)cc21. The number of rotatable bonds is 3. The molecule has 1 aliphatic rings. The van der Waals surface area contributed by atoms with Gasteiger partial charge in [-0.2, -0.15) is 0 Å². The third kappa shape index (κ3) is 3.74. The predicted octanol–water partition coefficient (Wildman–Crippen LogP) is 11.2. The van der Waals surface area contributed by atoms with Crippen LogP contribution in [0.2, 0.25) is 0 Å². The lowest BCUT2D eigenvalue weighted by molar-refractivity contribution is 0.660. The molecule has 8 rings (SSSR count). The average molecular weight is 591 g/mol. The van der Waals surface area contributed by atoms with Crippen molar-refractivity contribution < 1.29 is 0 Å². The molecular weight excluding hydrogens is 562 g/mol. The van der Waals surface area contributed by atoms with E-state index in [9.17, 15) is 0 Å². The van der Waals surface area contributed by atoms with Gasteiger partial charge in [-0.15, -0.1) is 0 Å². The van der Waals surface area contributed by atoms with E-state index in [2.05, 4.69) is 168 Å². The van der Waals surface area contributed by atoms with Gasteiger partial charge in [0.15, 0.2) is 0 Å². The van der Waals surface area contributed by atoms with E-state index in [1.165, 1.54) is 72.0 Å². The molecule has 0 atom stereocenters. The third-order valence-electron chi connectivity index (χ3n) is 8.87. The summed E-state index contributed by atoms with van der Waals surface area (Å²) < 4.78 is 3.53. The van der Waals surface area contributed by atoms with E-state index >= 15 is 0 Å². The van der Waals surface area contributed by atoms with E-state index in [0.29, 0.717) is 0 Å². The summed E-state index contributed by atoms with van der Waals surface area (Å²) in [5.74, 6) is 0. The van der Waals surface area contributed by atoms with Crippen LogP contribution in [0, 0.1) is 0 Å². The Morgan fingerprint density at radius 1 is 0.488 bits per heavy atom. The Morgan fingerprint density at radius 3 is 2.00 bits per heavy atom. The van der Waals surface area contributed by atoms with Crippen LogP contribution >= 0.6 is 15.9 Å². The predicted molar refractivity (Wildman–Crippen MR) is 177 cm³/mol. The monoisotopic (exact) mass is 589 g/mol. The van der Waals surface area contributed by atoms with Crippen molar-refractivity contribution in [2.75, 3.05) is 0 Å². The quantitative estimate of drug-likeness (QED) is 0.193. The minimum atomic E-state index is -0.0340. The van der Waals surface area contributed by atoms with Gasteiger partial charge < -0.3 is 4.57 Å². The highest BCUT2D eigenvalue weighted by atomic mass is 79.9. The van der Waals surface area contributed by atoms with Gasteiger partial charge >= 0.3 is 0 Å². The first-order chi connectivity index (χ1) is 20.0. The topological polar surface area (TPSA) is 4.93 Å². The maximum absolute atomic E-state index is 3.56. The molecule has 6 aromatic carbocycles. The molecule has 0 N–H and O–H groups in total. The lowest BCUT2D eigenvalue weighted by atomic mass is 9.82. The van der Waals surface area contributed by atoms with Crippen LogP contribution in [0.4, 0.5) is 0 Å². The van der Waals surface area contributed by atoms with Gasteiger partial charge in [-0.25, -0.2) is 0 Å². The fourth-order valence-electron chi connectivity index (χ4n) is 6.78. The van der Waals surface area contributed by atoms with Crippen molar-refractivity contribution in [2.24, 2.45) is 0 Å². The molecule has 1 aromatic heterocycles. The average Bonchev–Trinajstić information content (AvgIpc) is 3.46. The molecular formula is C39H28BrN. The van der Waals surface area contributed by atoms with Gasteiger partial charge in [-0.05, 0) is 93.0 Å². The molecule has 0 saturated heterocycles. The number of aromatic nitrogens is 1. The summed E-state index contributed by atoms with van der Waals surface area (Å²) in [6.45, 7) is 4.70. The van der Waals surface area contributed by atoms with Gasteiger partial charge in [0, 0.05) is 26.3 Å². The number of nitrogens with zero attached hydrogens (tertiary/aromatic N) is 1. The van der Waals surface area contributed by atoms with E-state index < -0.39 is 0 Å². The van der Waals surface area contributed by atoms with Crippen LogP contribution < -0.4 is 0 Å². The molecule has 0 saturated carbocycles. The number of benzene rings is 6. The lowest BCUT2D eigenvalue weighted by Crippen LogP contribution is -2.15. The van der Waals surface area contributed by atoms with Gasteiger partial charge in [-0.3, -0.25) is 0 Å². The Labute approximate surface area is 248 Å². The van der Waals surface area contributed by atoms with Crippen LogP contribution in [0.1, 0.15) is 25.0 Å². The Bertz CT molecular complexity index is 2130. The van der Waals surface area contributed by atoms with Crippen LogP contribution in [0.5, 0.6) is 0 Å². The molecule has 0 aliphatic heterocycles. The molecule has 0 bridgehead atoms. The van der Waals surface area contributed by atoms with Crippen LogP contribution in [0.15, 0.2) is 138 Å². The number of hydrogen-bond acceptors (Lipinski definition) is 0. The van der Waals surface area contributed by atoms with Crippen molar-refractivity contribution in [1.29, 1.82) is 0 Å². The first-order valence-electron chi connectivity index (χ1n) is 14.1. The van der Waals surface area contributed by atoms with Crippen LogP contribution in [0.25, 0.3) is 60.9 Å². The molecule has 196 valence electrons. The smallest absolute Gasteiger partial charge is 0.0541 e. The molecule has 2 heteroatoms. The van der Waals surface area contributed by atoms with Crippen molar-refractivity contribution in [2.45, 2.75) is 19.3 Å². The Kier molecular flexibility index (Phi) is 5.39. The number of para-hydroxylation sites is 1. The fourth-order valence-corrected chi connectivity index (χ4v) is 7.05. The van der Waals surface area contributed by atoms with Crippen molar-refractivity contribution in [3.05, 3.63) is 149 Å². The summed E-state index contributed by atoms with van der Waals surface area (Å²) in [7, 11) is 0. The first kappa shape index (κ1) is 24.4. The van der Waals surface area contributed by atoms with E-state index in [1.807, 2.05) is 0 Å². The second kappa shape index (κ2) is 9.06. The third-order valence-corrected chi connectivity index (χ3v) is 9.40. The highest BCUT2D eigenvalue weighted by molar-refractivity contribution is 9.10. The maximum atomic E-state index is 3.56. The van der Waals surface area contributed by atoms with Gasteiger partial charge in [0.05, 0.1) is 11.0 Å². The fraction of sp³-hybridized carbons (Fsp3) is 0.0769. The minimum Gasteiger partial charge on any atom is -0.309 e. The van der Waals surface area contributed by atoms with Crippen molar-refractivity contribution in [3.8, 4) is 39.1 Å². The molecule has 0 fully saturated rings. The summed E-state index contributed by atoms with van der Waals surface area (Å²) in [5, 5.41) is 2.55. The van der Waals surface area contributed by atoms with Crippen LogP contribution in [-0.4, -0.2) is 4.57 Å². The Balaban J connectivity index is 1.29. The molecule has 1 aliphatic carbocycles. The zero-order chi connectivity index (χ0) is 27.7. The molecule has 0 radical (unpaired) electrons. The van der Waals surface area contributed by atoms with E-state index in [-0.39, 0.29) is 5.41 Å². The number of fused-ring (bicyclic) bond motifs is 6.